The molecule has 1 unspecified atom stereocenters. The summed E-state index contributed by atoms with van der Waals surface area (Å²) in [6.07, 6.45) is 0. The lowest BCUT2D eigenvalue weighted by Crippen LogP contribution is -2.32. The van der Waals surface area contributed by atoms with Gasteiger partial charge in [-0.25, -0.2) is 9.18 Å². The maximum atomic E-state index is 13.4. The van der Waals surface area contributed by atoms with Crippen LogP contribution in [0.25, 0.3) is 0 Å². The largest absolute Gasteiger partial charge is 0.461 e. The Morgan fingerprint density at radius 2 is 1.90 bits per heavy atom. The average Bonchev–Trinajstić information content (AvgIpc) is 2.44. The second-order valence-electron chi connectivity index (χ2n) is 4.85. The van der Waals surface area contributed by atoms with E-state index in [0.29, 0.717) is 16.6 Å². The third-order valence-corrected chi connectivity index (χ3v) is 4.72. The van der Waals surface area contributed by atoms with E-state index in [2.05, 4.69) is 37.2 Å². The number of nitrogens with one attached hydrogen (secondary N) is 1. The predicted molar refractivity (Wildman–Crippen MR) is 87.1 cm³/mol. The van der Waals surface area contributed by atoms with E-state index in [-0.39, 0.29) is 11.4 Å². The monoisotopic (exact) mass is 423 g/mol. The van der Waals surface area contributed by atoms with Gasteiger partial charge in [0.05, 0.1) is 10.4 Å². The zero-order chi connectivity index (χ0) is 16.0. The summed E-state index contributed by atoms with van der Waals surface area (Å²) in [6.45, 7) is 2.60. The number of carbonyl (C=O) groups is 2. The fourth-order valence-corrected chi connectivity index (χ4v) is 1.58. The molecule has 4 nitrogen and oxygen atoms in total. The normalized spacial score (nSPS) is 12.6. The predicted octanol–water partition coefficient (Wildman–Crippen LogP) is 3.69. The molecule has 7 heteroatoms. The number of carbonyl (C=O) groups excluding carboxylic acids is 2. The maximum absolute atomic E-state index is 13.4. The van der Waals surface area contributed by atoms with Crippen LogP contribution in [0.5, 0.6) is 0 Å². The first-order chi connectivity index (χ1) is 9.74. The van der Waals surface area contributed by atoms with Gasteiger partial charge in [-0.3, -0.25) is 4.79 Å². The highest BCUT2D eigenvalue weighted by Gasteiger charge is 2.26. The Hall–Kier alpha value is -0.950. The molecule has 1 atom stereocenters. The first-order valence-electron chi connectivity index (χ1n) is 6.21. The first kappa shape index (κ1) is 18.1. The average molecular weight is 425 g/mol. The topological polar surface area (TPSA) is 55.4 Å². The molecule has 0 fully saturated rings. The van der Waals surface area contributed by atoms with Gasteiger partial charge < -0.3 is 10.1 Å². The number of anilines is 1. The lowest BCUT2D eigenvalue weighted by molar-refractivity contribution is -0.125. The van der Waals surface area contributed by atoms with Crippen molar-refractivity contribution in [3.63, 3.8) is 0 Å². The standard InChI is InChI=1S/C14H16Br2FNO3/c1-14(2,17)13(20)18-11-5-3-9(4-6-11)12(19)21-8-10(16)7-15/h3-6,10H,7-8H2,1-2H3,(H,18,20). The van der Waals surface area contributed by atoms with E-state index in [1.54, 1.807) is 0 Å². The Balaban J connectivity index is 2.61. The molecule has 0 bridgehead atoms. The number of ether oxygens (including phenoxy) is 1. The summed E-state index contributed by atoms with van der Waals surface area (Å²) in [5.41, 5.74) is -1.18. The smallest absolute Gasteiger partial charge is 0.338 e. The van der Waals surface area contributed by atoms with Gasteiger partial charge in [-0.1, -0.05) is 31.9 Å². The van der Waals surface area contributed by atoms with E-state index >= 15 is 0 Å². The third kappa shape index (κ3) is 6.13. The van der Waals surface area contributed by atoms with Gasteiger partial charge in [0.1, 0.15) is 6.61 Å². The van der Waals surface area contributed by atoms with Gasteiger partial charge in [0, 0.05) is 11.0 Å². The highest BCUT2D eigenvalue weighted by molar-refractivity contribution is 9.12. The van der Waals surface area contributed by atoms with Crippen molar-refractivity contribution in [1.82, 2.24) is 0 Å². The Labute approximate surface area is 139 Å². The van der Waals surface area contributed by atoms with Crippen LogP contribution in [0.3, 0.4) is 0 Å². The van der Waals surface area contributed by atoms with Crippen molar-refractivity contribution < 1.29 is 18.7 Å². The summed E-state index contributed by atoms with van der Waals surface area (Å²) in [5, 5.41) is 3.10. The molecular formula is C14H16Br2FNO3. The Morgan fingerprint density at radius 1 is 1.33 bits per heavy atom. The van der Waals surface area contributed by atoms with Gasteiger partial charge in [0.2, 0.25) is 0 Å². The summed E-state index contributed by atoms with van der Waals surface area (Å²) in [5.74, 6) is -1.19. The van der Waals surface area contributed by atoms with Crippen molar-refractivity contribution in [2.45, 2.75) is 24.3 Å². The molecule has 1 aromatic carbocycles. The molecule has 0 aliphatic carbocycles. The van der Waals surface area contributed by atoms with Crippen molar-refractivity contribution in [3.8, 4) is 0 Å². The van der Waals surface area contributed by atoms with Crippen molar-refractivity contribution >= 4 is 49.4 Å². The van der Waals surface area contributed by atoms with Gasteiger partial charge >= 0.3 is 5.97 Å². The molecule has 1 N–H and O–H groups in total. The second kappa shape index (κ2) is 7.89. The molecule has 116 valence electrons. The van der Waals surface area contributed by atoms with Crippen LogP contribution < -0.4 is 5.32 Å². The zero-order valence-corrected chi connectivity index (χ0v) is 14.8. The Kier molecular flexibility index (Phi) is 6.80. The summed E-state index contributed by atoms with van der Waals surface area (Å²) < 4.78 is 18.5. The minimum atomic E-state index is -1.96. The molecule has 0 aromatic heterocycles. The van der Waals surface area contributed by atoms with Crippen molar-refractivity contribution in [2.75, 3.05) is 17.3 Å². The summed E-state index contributed by atoms with van der Waals surface area (Å²) in [4.78, 5) is 23.3. The molecule has 0 aliphatic rings. The van der Waals surface area contributed by atoms with Gasteiger partial charge in [-0.05, 0) is 38.1 Å². The molecule has 1 rings (SSSR count). The van der Waals surface area contributed by atoms with Crippen LogP contribution in [0, 0.1) is 0 Å². The lowest BCUT2D eigenvalue weighted by atomic mass is 10.1. The van der Waals surface area contributed by atoms with E-state index in [1.165, 1.54) is 38.1 Å². The van der Waals surface area contributed by atoms with Crippen molar-refractivity contribution in [3.05, 3.63) is 29.8 Å². The fraction of sp³-hybridized carbons (Fsp3) is 0.429. The van der Waals surface area contributed by atoms with E-state index < -0.39 is 17.5 Å². The highest BCUT2D eigenvalue weighted by atomic mass is 79.9. The Bertz CT molecular complexity index is 500. The molecule has 0 aliphatic heterocycles. The maximum Gasteiger partial charge on any atom is 0.338 e. The van der Waals surface area contributed by atoms with Gasteiger partial charge in [-0.15, -0.1) is 0 Å². The zero-order valence-electron chi connectivity index (χ0n) is 11.7. The first-order valence-corrected chi connectivity index (χ1v) is 8.25. The number of hydrogen-bond donors (Lipinski definition) is 1. The van der Waals surface area contributed by atoms with Crippen LogP contribution in [-0.4, -0.2) is 34.3 Å². The van der Waals surface area contributed by atoms with Crippen LogP contribution in [0.1, 0.15) is 24.2 Å². The molecular weight excluding hydrogens is 409 g/mol. The minimum Gasteiger partial charge on any atom is -0.461 e. The molecule has 1 aromatic rings. The van der Waals surface area contributed by atoms with E-state index in [4.69, 9.17) is 4.74 Å². The molecule has 0 spiro atoms. The molecule has 1 amide bonds. The van der Waals surface area contributed by atoms with Crippen molar-refractivity contribution in [2.24, 2.45) is 0 Å². The fourth-order valence-electron chi connectivity index (χ4n) is 1.26. The SMILES string of the molecule is CC(C)(F)C(=O)Nc1ccc(C(=O)OCC(Br)CBr)cc1. The minimum absolute atomic E-state index is 0.0480. The summed E-state index contributed by atoms with van der Waals surface area (Å²) in [7, 11) is 0. The highest BCUT2D eigenvalue weighted by Crippen LogP contribution is 2.15. The van der Waals surface area contributed by atoms with E-state index in [0.717, 1.165) is 0 Å². The number of esters is 1. The van der Waals surface area contributed by atoms with Crippen molar-refractivity contribution in [1.29, 1.82) is 0 Å². The number of hydrogen-bond acceptors (Lipinski definition) is 3. The van der Waals surface area contributed by atoms with E-state index in [1.807, 2.05) is 0 Å². The summed E-state index contributed by atoms with van der Waals surface area (Å²) >= 11 is 6.59. The Morgan fingerprint density at radius 3 is 2.38 bits per heavy atom. The number of rotatable bonds is 6. The quantitative estimate of drug-likeness (QED) is 0.559. The number of halogens is 3. The third-order valence-electron chi connectivity index (χ3n) is 2.48. The van der Waals surface area contributed by atoms with Gasteiger partial charge in [0.15, 0.2) is 5.67 Å². The van der Waals surface area contributed by atoms with Crippen LogP contribution in [0.4, 0.5) is 10.1 Å². The summed E-state index contributed by atoms with van der Waals surface area (Å²) in [6, 6.07) is 6.08. The van der Waals surface area contributed by atoms with Crippen LogP contribution in [0.2, 0.25) is 0 Å². The molecule has 0 saturated carbocycles. The number of benzene rings is 1. The molecule has 0 saturated heterocycles. The second-order valence-corrected chi connectivity index (χ2v) is 6.80. The van der Waals surface area contributed by atoms with Crippen LogP contribution >= 0.6 is 31.9 Å². The van der Waals surface area contributed by atoms with Crippen LogP contribution in [0.15, 0.2) is 24.3 Å². The molecule has 0 heterocycles. The van der Waals surface area contributed by atoms with E-state index in [9.17, 15) is 14.0 Å². The number of alkyl halides is 3. The molecule has 21 heavy (non-hydrogen) atoms. The van der Waals surface area contributed by atoms with Gasteiger partial charge in [-0.2, -0.15) is 0 Å². The van der Waals surface area contributed by atoms with Crippen LogP contribution in [-0.2, 0) is 9.53 Å². The van der Waals surface area contributed by atoms with Gasteiger partial charge in [0.25, 0.3) is 5.91 Å². The number of amides is 1. The lowest BCUT2D eigenvalue weighted by Gasteiger charge is -2.14. The molecule has 0 radical (unpaired) electrons.